The van der Waals surface area contributed by atoms with Crippen molar-refractivity contribution < 1.29 is 22.7 Å². The molecule has 3 aromatic carbocycles. The van der Waals surface area contributed by atoms with Crippen molar-refractivity contribution in [3.63, 3.8) is 0 Å². The molecule has 0 saturated carbocycles. The number of nitrogens with one attached hydrogen (secondary N) is 2. The molecule has 1 aliphatic rings. The zero-order valence-corrected chi connectivity index (χ0v) is 19.1. The Labute approximate surface area is 195 Å². The van der Waals surface area contributed by atoms with E-state index in [2.05, 4.69) is 10.0 Å². The number of halogens is 2. The van der Waals surface area contributed by atoms with E-state index < -0.39 is 22.0 Å². The van der Waals surface area contributed by atoms with E-state index in [9.17, 15) is 13.2 Å². The van der Waals surface area contributed by atoms with Crippen molar-refractivity contribution in [2.45, 2.75) is 17.4 Å². The topological polar surface area (TPSA) is 93.7 Å². The molecule has 1 aliphatic heterocycles. The van der Waals surface area contributed by atoms with Gasteiger partial charge in [-0.05, 0) is 54.1 Å². The van der Waals surface area contributed by atoms with Gasteiger partial charge in [-0.2, -0.15) is 0 Å². The summed E-state index contributed by atoms with van der Waals surface area (Å²) in [5.41, 5.74) is 1.33. The van der Waals surface area contributed by atoms with Crippen LogP contribution in [0.4, 0.5) is 11.4 Å². The quantitative estimate of drug-likeness (QED) is 0.517. The van der Waals surface area contributed by atoms with Gasteiger partial charge in [0.15, 0.2) is 6.10 Å². The molecule has 3 aromatic rings. The maximum atomic E-state index is 13.0. The van der Waals surface area contributed by atoms with E-state index in [0.29, 0.717) is 17.2 Å². The zero-order chi connectivity index (χ0) is 22.9. The normalized spacial score (nSPS) is 14.9. The first-order valence-corrected chi connectivity index (χ1v) is 11.7. The molecule has 1 atom stereocenters. The summed E-state index contributed by atoms with van der Waals surface area (Å²) in [6.45, 7) is 0. The van der Waals surface area contributed by atoms with Crippen LogP contribution in [0.2, 0.25) is 10.0 Å². The lowest BCUT2D eigenvalue weighted by atomic mass is 10.1. The SMILES string of the molecule is COc1ccc(NC(=O)C2Cc3cc(Cl)ccc3O2)cc1S(=O)(=O)Nc1ccccc1Cl. The number of rotatable bonds is 6. The Kier molecular flexibility index (Phi) is 6.19. The number of hydrogen-bond donors (Lipinski definition) is 2. The van der Waals surface area contributed by atoms with Crippen LogP contribution >= 0.6 is 23.2 Å². The summed E-state index contributed by atoms with van der Waals surface area (Å²) in [4.78, 5) is 12.6. The number of sulfonamides is 1. The Morgan fingerprint density at radius 3 is 2.62 bits per heavy atom. The van der Waals surface area contributed by atoms with Gasteiger partial charge in [-0.1, -0.05) is 35.3 Å². The first-order valence-electron chi connectivity index (χ1n) is 9.48. The maximum Gasteiger partial charge on any atom is 0.265 e. The van der Waals surface area contributed by atoms with Crippen LogP contribution < -0.4 is 19.5 Å². The van der Waals surface area contributed by atoms with Crippen LogP contribution in [0.25, 0.3) is 0 Å². The Hall–Kier alpha value is -2.94. The molecule has 0 aromatic heterocycles. The Bertz CT molecular complexity index is 1300. The Morgan fingerprint density at radius 1 is 1.09 bits per heavy atom. The minimum atomic E-state index is -4.06. The number of benzene rings is 3. The number of fused-ring (bicyclic) bond motifs is 1. The van der Waals surface area contributed by atoms with Crippen molar-refractivity contribution in [2.75, 3.05) is 17.1 Å². The van der Waals surface area contributed by atoms with Crippen LogP contribution in [0.3, 0.4) is 0 Å². The molecule has 1 heterocycles. The first kappa shape index (κ1) is 22.3. The molecule has 4 rings (SSSR count). The van der Waals surface area contributed by atoms with Crippen LogP contribution in [0.1, 0.15) is 5.56 Å². The molecule has 0 radical (unpaired) electrons. The van der Waals surface area contributed by atoms with Crippen LogP contribution in [0.15, 0.2) is 65.6 Å². The van der Waals surface area contributed by atoms with Gasteiger partial charge in [0.05, 0.1) is 17.8 Å². The molecule has 0 spiro atoms. The zero-order valence-electron chi connectivity index (χ0n) is 16.8. The molecule has 2 N–H and O–H groups in total. The highest BCUT2D eigenvalue weighted by Crippen LogP contribution is 2.33. The predicted molar refractivity (Wildman–Crippen MR) is 123 cm³/mol. The van der Waals surface area contributed by atoms with E-state index in [1.54, 1.807) is 48.5 Å². The number of methoxy groups -OCH3 is 1. The largest absolute Gasteiger partial charge is 0.495 e. The number of carbonyl (C=O) groups excluding carboxylic acids is 1. The summed E-state index contributed by atoms with van der Waals surface area (Å²) in [5.74, 6) is 0.295. The fourth-order valence-corrected chi connectivity index (χ4v) is 5.00. The predicted octanol–water partition coefficient (Wildman–Crippen LogP) is 4.75. The molecule has 0 fully saturated rings. The van der Waals surface area contributed by atoms with E-state index in [4.69, 9.17) is 32.7 Å². The van der Waals surface area contributed by atoms with Crippen molar-refractivity contribution in [1.82, 2.24) is 0 Å². The van der Waals surface area contributed by atoms with Gasteiger partial charge in [0.25, 0.3) is 15.9 Å². The Morgan fingerprint density at radius 2 is 1.88 bits per heavy atom. The van der Waals surface area contributed by atoms with E-state index in [1.807, 2.05) is 0 Å². The molecular formula is C22H18Cl2N2O5S. The minimum Gasteiger partial charge on any atom is -0.495 e. The van der Waals surface area contributed by atoms with Gasteiger partial charge in [0.1, 0.15) is 16.4 Å². The molecule has 32 heavy (non-hydrogen) atoms. The van der Waals surface area contributed by atoms with Gasteiger partial charge in [0.2, 0.25) is 0 Å². The fourth-order valence-electron chi connectivity index (χ4n) is 3.29. The molecule has 0 saturated heterocycles. The highest BCUT2D eigenvalue weighted by molar-refractivity contribution is 7.92. The van der Waals surface area contributed by atoms with Crippen molar-refractivity contribution in [3.8, 4) is 11.5 Å². The van der Waals surface area contributed by atoms with Crippen LogP contribution in [-0.4, -0.2) is 27.5 Å². The van der Waals surface area contributed by atoms with Gasteiger partial charge in [-0.15, -0.1) is 0 Å². The molecule has 1 amide bonds. The number of anilines is 2. The molecule has 166 valence electrons. The number of amides is 1. The number of ether oxygens (including phenoxy) is 2. The minimum absolute atomic E-state index is 0.113. The number of carbonyl (C=O) groups is 1. The molecule has 7 nitrogen and oxygen atoms in total. The van der Waals surface area contributed by atoms with Gasteiger partial charge in [-0.25, -0.2) is 8.42 Å². The second-order valence-electron chi connectivity index (χ2n) is 7.00. The van der Waals surface area contributed by atoms with Crippen LogP contribution in [-0.2, 0) is 21.2 Å². The third kappa shape index (κ3) is 4.62. The van der Waals surface area contributed by atoms with E-state index in [1.165, 1.54) is 19.2 Å². The number of hydrogen-bond acceptors (Lipinski definition) is 5. The lowest BCUT2D eigenvalue weighted by Gasteiger charge is -2.15. The molecular weight excluding hydrogens is 475 g/mol. The molecule has 10 heteroatoms. The summed E-state index contributed by atoms with van der Waals surface area (Å²) >= 11 is 12.1. The fraction of sp³-hybridized carbons (Fsp3) is 0.136. The molecule has 0 bridgehead atoms. The van der Waals surface area contributed by atoms with Crippen LogP contribution in [0.5, 0.6) is 11.5 Å². The second-order valence-corrected chi connectivity index (χ2v) is 9.50. The summed E-state index contributed by atoms with van der Waals surface area (Å²) in [6, 6.07) is 15.9. The van der Waals surface area contributed by atoms with Crippen molar-refractivity contribution in [2.24, 2.45) is 0 Å². The number of para-hydroxylation sites is 1. The third-order valence-corrected chi connectivity index (χ3v) is 6.78. The summed E-state index contributed by atoms with van der Waals surface area (Å²) in [6.07, 6.45) is -0.399. The summed E-state index contributed by atoms with van der Waals surface area (Å²) in [7, 11) is -2.70. The van der Waals surface area contributed by atoms with Gasteiger partial charge >= 0.3 is 0 Å². The van der Waals surface area contributed by atoms with Crippen molar-refractivity contribution >= 4 is 50.5 Å². The maximum absolute atomic E-state index is 13.0. The lowest BCUT2D eigenvalue weighted by molar-refractivity contribution is -0.122. The van der Waals surface area contributed by atoms with Gasteiger partial charge < -0.3 is 14.8 Å². The highest BCUT2D eigenvalue weighted by atomic mass is 35.5. The van der Waals surface area contributed by atoms with E-state index >= 15 is 0 Å². The summed E-state index contributed by atoms with van der Waals surface area (Å²) in [5, 5.41) is 3.51. The van der Waals surface area contributed by atoms with Gasteiger partial charge in [0, 0.05) is 17.1 Å². The first-order chi connectivity index (χ1) is 15.3. The molecule has 0 aliphatic carbocycles. The smallest absolute Gasteiger partial charge is 0.265 e. The summed E-state index contributed by atoms with van der Waals surface area (Å²) < 4.78 is 39.4. The van der Waals surface area contributed by atoms with E-state index in [0.717, 1.165) is 5.56 Å². The third-order valence-electron chi connectivity index (χ3n) is 4.83. The average Bonchev–Trinajstić information content (AvgIpc) is 3.18. The van der Waals surface area contributed by atoms with E-state index in [-0.39, 0.29) is 27.0 Å². The average molecular weight is 493 g/mol. The Balaban J connectivity index is 1.56. The van der Waals surface area contributed by atoms with Crippen LogP contribution in [0, 0.1) is 0 Å². The standard InChI is InChI=1S/C22H18Cl2N2O5S/c1-30-19-9-7-15(12-21(19)32(28,29)26-17-5-3-2-4-16(17)24)25-22(27)20-11-13-10-14(23)6-8-18(13)31-20/h2-10,12,20,26H,11H2,1H3,(H,25,27). The van der Waals surface area contributed by atoms with Crippen molar-refractivity contribution in [1.29, 1.82) is 0 Å². The monoisotopic (exact) mass is 492 g/mol. The van der Waals surface area contributed by atoms with Gasteiger partial charge in [-0.3, -0.25) is 9.52 Å². The molecule has 1 unspecified atom stereocenters. The van der Waals surface area contributed by atoms with Crippen molar-refractivity contribution in [3.05, 3.63) is 76.3 Å². The second kappa shape index (κ2) is 8.90. The lowest BCUT2D eigenvalue weighted by Crippen LogP contribution is -2.31. The highest BCUT2D eigenvalue weighted by Gasteiger charge is 2.30.